The van der Waals surface area contributed by atoms with Crippen molar-refractivity contribution in [3.05, 3.63) is 61.8 Å². The molecular weight excluding hydrogens is 403 g/mol. The highest BCUT2D eigenvalue weighted by atomic mass is 32.1. The topological polar surface area (TPSA) is 85.8 Å². The molecule has 0 saturated carbocycles. The number of H-pyrrole nitrogens is 1. The third kappa shape index (κ3) is 3.40. The van der Waals surface area contributed by atoms with E-state index in [-0.39, 0.29) is 16.5 Å². The van der Waals surface area contributed by atoms with Crippen LogP contribution in [0.5, 0.6) is 0 Å². The maximum Gasteiger partial charge on any atom is 0.416 e. The summed E-state index contributed by atoms with van der Waals surface area (Å²) in [5.74, 6) is -0.705. The second-order valence-electron chi connectivity index (χ2n) is 6.77. The van der Waals surface area contributed by atoms with E-state index in [4.69, 9.17) is 0 Å². The Hall–Kier alpha value is -3.12. The fraction of sp³-hybridized carbons (Fsp3) is 0.250. The Bertz CT molecular complexity index is 1230. The highest BCUT2D eigenvalue weighted by Crippen LogP contribution is 2.37. The third-order valence-electron chi connectivity index (χ3n) is 4.96. The Morgan fingerprint density at radius 2 is 2.00 bits per heavy atom. The Labute approximate surface area is 166 Å². The first-order chi connectivity index (χ1) is 13.8. The van der Waals surface area contributed by atoms with Crippen LogP contribution in [-0.4, -0.2) is 10.9 Å². The molecule has 4 rings (SSSR count). The summed E-state index contributed by atoms with van der Waals surface area (Å²) in [5, 5.41) is 12.5. The summed E-state index contributed by atoms with van der Waals surface area (Å²) < 4.78 is 38.6. The lowest BCUT2D eigenvalue weighted by atomic mass is 9.96. The zero-order valence-electron chi connectivity index (χ0n) is 14.9. The van der Waals surface area contributed by atoms with Crippen LogP contribution in [0.3, 0.4) is 0 Å². The molecular formula is C20H14F3N3O2S. The second kappa shape index (κ2) is 7.04. The number of nitrogens with one attached hydrogen (secondary N) is 2. The molecule has 1 aliphatic carbocycles. The van der Waals surface area contributed by atoms with Gasteiger partial charge in [0.1, 0.15) is 16.6 Å². The third-order valence-corrected chi connectivity index (χ3v) is 6.17. The Balaban J connectivity index is 1.70. The standard InChI is InChI=1S/C20H14F3N3O2S/c21-20(22,23)10-5-6-12-15(7-10)25-9-14(17(12)27)18(28)26-19-13(8-24)11-3-1-2-4-16(11)29-19/h5-7,9H,1-4H2,(H,25,27)(H,26,28). The van der Waals surface area contributed by atoms with Crippen LogP contribution in [0.1, 0.15) is 44.8 Å². The van der Waals surface area contributed by atoms with E-state index in [1.165, 1.54) is 11.3 Å². The highest BCUT2D eigenvalue weighted by molar-refractivity contribution is 7.16. The Morgan fingerprint density at radius 3 is 2.72 bits per heavy atom. The van der Waals surface area contributed by atoms with Gasteiger partial charge in [0, 0.05) is 22.0 Å². The number of rotatable bonds is 2. The zero-order valence-corrected chi connectivity index (χ0v) is 15.8. The lowest BCUT2D eigenvalue weighted by Crippen LogP contribution is -2.22. The molecule has 0 bridgehead atoms. The van der Waals surface area contributed by atoms with E-state index < -0.39 is 23.1 Å². The number of aromatic amines is 1. The molecule has 0 spiro atoms. The van der Waals surface area contributed by atoms with Gasteiger partial charge >= 0.3 is 6.18 Å². The van der Waals surface area contributed by atoms with E-state index in [9.17, 15) is 28.0 Å². The molecule has 2 heterocycles. The number of fused-ring (bicyclic) bond motifs is 2. The van der Waals surface area contributed by atoms with E-state index in [0.717, 1.165) is 60.5 Å². The molecule has 0 aliphatic heterocycles. The number of hydrogen-bond donors (Lipinski definition) is 2. The monoisotopic (exact) mass is 417 g/mol. The zero-order chi connectivity index (χ0) is 20.8. The predicted molar refractivity (Wildman–Crippen MR) is 103 cm³/mol. The average molecular weight is 417 g/mol. The number of aromatic nitrogens is 1. The van der Waals surface area contributed by atoms with Gasteiger partial charge in [-0.1, -0.05) is 0 Å². The first kappa shape index (κ1) is 19.2. The number of nitriles is 1. The molecule has 1 aromatic carbocycles. The van der Waals surface area contributed by atoms with Gasteiger partial charge in [-0.25, -0.2) is 0 Å². The van der Waals surface area contributed by atoms with Gasteiger partial charge in [-0.3, -0.25) is 9.59 Å². The van der Waals surface area contributed by atoms with Gasteiger partial charge in [0.05, 0.1) is 11.1 Å². The normalized spacial score (nSPS) is 13.7. The fourth-order valence-corrected chi connectivity index (χ4v) is 4.74. The van der Waals surface area contributed by atoms with Gasteiger partial charge in [-0.15, -0.1) is 11.3 Å². The van der Waals surface area contributed by atoms with Crippen LogP contribution in [-0.2, 0) is 19.0 Å². The molecule has 3 aromatic rings. The van der Waals surface area contributed by atoms with Gasteiger partial charge in [-0.05, 0) is 49.4 Å². The maximum absolute atomic E-state index is 12.9. The van der Waals surface area contributed by atoms with Gasteiger partial charge in [0.2, 0.25) is 5.43 Å². The first-order valence-corrected chi connectivity index (χ1v) is 9.70. The van der Waals surface area contributed by atoms with Crippen LogP contribution >= 0.6 is 11.3 Å². The van der Waals surface area contributed by atoms with Crippen molar-refractivity contribution in [3.63, 3.8) is 0 Å². The van der Waals surface area contributed by atoms with E-state index in [2.05, 4.69) is 16.4 Å². The second-order valence-corrected chi connectivity index (χ2v) is 7.88. The molecule has 0 atom stereocenters. The molecule has 29 heavy (non-hydrogen) atoms. The number of amides is 1. The maximum atomic E-state index is 12.9. The molecule has 9 heteroatoms. The number of alkyl halides is 3. The van der Waals surface area contributed by atoms with Crippen molar-refractivity contribution in [1.29, 1.82) is 5.26 Å². The minimum atomic E-state index is -4.53. The molecule has 5 nitrogen and oxygen atoms in total. The van der Waals surface area contributed by atoms with Gasteiger partial charge in [0.25, 0.3) is 5.91 Å². The predicted octanol–water partition coefficient (Wildman–Crippen LogP) is 4.61. The molecule has 2 aromatic heterocycles. The number of thiophene rings is 1. The molecule has 0 saturated heterocycles. The Kier molecular flexibility index (Phi) is 4.67. The van der Waals surface area contributed by atoms with Gasteiger partial charge in [-0.2, -0.15) is 18.4 Å². The minimum Gasteiger partial charge on any atom is -0.360 e. The number of benzene rings is 1. The van der Waals surface area contributed by atoms with Crippen LogP contribution in [0.2, 0.25) is 0 Å². The number of pyridine rings is 1. The molecule has 0 fully saturated rings. The molecule has 148 valence electrons. The van der Waals surface area contributed by atoms with Crippen LogP contribution in [0.15, 0.2) is 29.2 Å². The van der Waals surface area contributed by atoms with Crippen molar-refractivity contribution in [2.75, 3.05) is 5.32 Å². The van der Waals surface area contributed by atoms with E-state index >= 15 is 0 Å². The molecule has 1 aliphatic rings. The van der Waals surface area contributed by atoms with Crippen molar-refractivity contribution in [2.45, 2.75) is 31.9 Å². The van der Waals surface area contributed by atoms with Crippen LogP contribution < -0.4 is 10.7 Å². The number of hydrogen-bond acceptors (Lipinski definition) is 4. The molecule has 1 amide bonds. The molecule has 2 N–H and O–H groups in total. The minimum absolute atomic E-state index is 0.00863. The number of halogens is 3. The van der Waals surface area contributed by atoms with Crippen molar-refractivity contribution in [3.8, 4) is 6.07 Å². The van der Waals surface area contributed by atoms with Crippen molar-refractivity contribution in [1.82, 2.24) is 4.98 Å². The SMILES string of the molecule is N#Cc1c(NC(=O)c2c[nH]c3cc(C(F)(F)F)ccc3c2=O)sc2c1CCCC2. The smallest absolute Gasteiger partial charge is 0.360 e. The number of anilines is 1. The van der Waals surface area contributed by atoms with Gasteiger partial charge in [0.15, 0.2) is 0 Å². The van der Waals surface area contributed by atoms with Crippen LogP contribution in [0, 0.1) is 11.3 Å². The Morgan fingerprint density at radius 1 is 1.24 bits per heavy atom. The molecule has 0 unspecified atom stereocenters. The van der Waals surface area contributed by atoms with Crippen molar-refractivity contribution < 1.29 is 18.0 Å². The molecule has 0 radical (unpaired) electrons. The lowest BCUT2D eigenvalue weighted by Gasteiger charge is -2.09. The van der Waals surface area contributed by atoms with E-state index in [1.54, 1.807) is 0 Å². The van der Waals surface area contributed by atoms with Crippen LogP contribution in [0.4, 0.5) is 18.2 Å². The number of aryl methyl sites for hydroxylation is 1. The largest absolute Gasteiger partial charge is 0.416 e. The summed E-state index contributed by atoms with van der Waals surface area (Å²) in [6.45, 7) is 0. The highest BCUT2D eigenvalue weighted by Gasteiger charge is 2.31. The summed E-state index contributed by atoms with van der Waals surface area (Å²) in [6.07, 6.45) is 0.199. The van der Waals surface area contributed by atoms with Crippen molar-refractivity contribution in [2.24, 2.45) is 0 Å². The quantitative estimate of drug-likeness (QED) is 0.638. The van der Waals surface area contributed by atoms with Crippen LogP contribution in [0.25, 0.3) is 10.9 Å². The summed E-state index contributed by atoms with van der Waals surface area (Å²) in [7, 11) is 0. The number of nitrogens with zero attached hydrogens (tertiary/aromatic N) is 1. The fourth-order valence-electron chi connectivity index (χ4n) is 3.51. The summed E-state index contributed by atoms with van der Waals surface area (Å²) >= 11 is 1.33. The van der Waals surface area contributed by atoms with E-state index in [0.29, 0.717) is 10.6 Å². The lowest BCUT2D eigenvalue weighted by molar-refractivity contribution is -0.137. The van der Waals surface area contributed by atoms with E-state index in [1.807, 2.05) is 0 Å². The summed E-state index contributed by atoms with van der Waals surface area (Å²) in [4.78, 5) is 29.0. The number of carbonyl (C=O) groups is 1. The van der Waals surface area contributed by atoms with Gasteiger partial charge < -0.3 is 10.3 Å². The summed E-state index contributed by atoms with van der Waals surface area (Å²) in [6, 6.07) is 4.82. The van der Waals surface area contributed by atoms with Crippen molar-refractivity contribution >= 4 is 33.1 Å². The summed E-state index contributed by atoms with van der Waals surface area (Å²) in [5.41, 5.74) is -0.431. The number of carbonyl (C=O) groups excluding carboxylic acids is 1. The first-order valence-electron chi connectivity index (χ1n) is 8.88. The average Bonchev–Trinajstić information content (AvgIpc) is 3.04.